The molecule has 0 aliphatic carbocycles. The van der Waals surface area contributed by atoms with Crippen molar-refractivity contribution in [2.75, 3.05) is 87.0 Å². The third-order valence-corrected chi connectivity index (χ3v) is 11.0. The van der Waals surface area contributed by atoms with Gasteiger partial charge in [-0.25, -0.2) is 19.6 Å². The zero-order valence-electron chi connectivity index (χ0n) is 38.1. The van der Waals surface area contributed by atoms with Gasteiger partial charge in [0.25, 0.3) is 0 Å². The molecule has 3 amide bonds. The molecule has 0 unspecified atom stereocenters. The van der Waals surface area contributed by atoms with Gasteiger partial charge in [0.05, 0.1) is 50.8 Å². The van der Waals surface area contributed by atoms with Gasteiger partial charge in [-0.3, -0.25) is 19.6 Å². The number of benzene rings is 2. The molecule has 0 bridgehead atoms. The monoisotopic (exact) mass is 926 g/mol. The Kier molecular flexibility index (Phi) is 18.1. The molecule has 2 aromatic carbocycles. The summed E-state index contributed by atoms with van der Waals surface area (Å²) in [4.78, 5) is 69.2. The molecule has 2 aliphatic rings. The number of carbonyl (C=O) groups is 4. The quantitative estimate of drug-likeness (QED) is 0.115. The summed E-state index contributed by atoms with van der Waals surface area (Å²) in [5.74, 6) is 0.910. The highest BCUT2D eigenvalue weighted by Crippen LogP contribution is 2.23. The van der Waals surface area contributed by atoms with Crippen LogP contribution in [-0.2, 0) is 31.9 Å². The fraction of sp³-hybridized carbons (Fsp3) is 0.280. The van der Waals surface area contributed by atoms with Gasteiger partial charge in [0.1, 0.15) is 11.6 Å². The fourth-order valence-corrected chi connectivity index (χ4v) is 7.32. The Bertz CT molecular complexity index is 2550. The molecule has 6 aromatic rings. The summed E-state index contributed by atoms with van der Waals surface area (Å²) >= 11 is 4.60. The highest BCUT2D eigenvalue weighted by molar-refractivity contribution is 6.61. The number of aromatic nitrogens is 4. The Balaban J connectivity index is 0.000000202. The molecule has 0 radical (unpaired) electrons. The number of ether oxygens (including phenoxy) is 2. The van der Waals surface area contributed by atoms with E-state index in [1.54, 1.807) is 23.4 Å². The van der Waals surface area contributed by atoms with E-state index >= 15 is 0 Å². The van der Waals surface area contributed by atoms with Crippen LogP contribution in [0.15, 0.2) is 122 Å². The van der Waals surface area contributed by atoms with Crippen molar-refractivity contribution in [2.45, 2.75) is 26.7 Å². The van der Waals surface area contributed by atoms with Crippen molar-refractivity contribution in [3.8, 4) is 22.3 Å². The van der Waals surface area contributed by atoms with Gasteiger partial charge in [-0.1, -0.05) is 48.5 Å². The van der Waals surface area contributed by atoms with Crippen LogP contribution in [0.4, 0.5) is 32.6 Å². The molecule has 2 aliphatic heterocycles. The second-order valence-corrected chi connectivity index (χ2v) is 16.0. The molecule has 6 heterocycles. The molecule has 0 atom stereocenters. The van der Waals surface area contributed by atoms with Gasteiger partial charge >= 0.3 is 11.5 Å². The van der Waals surface area contributed by atoms with E-state index in [1.807, 2.05) is 111 Å². The van der Waals surface area contributed by atoms with Crippen LogP contribution in [0.3, 0.4) is 0 Å². The van der Waals surface area contributed by atoms with Gasteiger partial charge in [0, 0.05) is 87.7 Å². The van der Waals surface area contributed by atoms with Crippen LogP contribution in [0, 0.1) is 13.8 Å². The lowest BCUT2D eigenvalue weighted by atomic mass is 10.0. The molecule has 4 aromatic heterocycles. The van der Waals surface area contributed by atoms with E-state index in [-0.39, 0.29) is 24.3 Å². The van der Waals surface area contributed by atoms with Gasteiger partial charge in [0.2, 0.25) is 11.8 Å². The number of rotatable bonds is 10. The zero-order valence-corrected chi connectivity index (χ0v) is 38.8. The average molecular weight is 928 g/mol. The number of piperazine rings is 2. The molecular weight excluding hydrogens is 872 g/mol. The maximum absolute atomic E-state index is 12.5. The van der Waals surface area contributed by atoms with Crippen LogP contribution in [0.1, 0.15) is 22.5 Å². The number of hydrogen-bond donors (Lipinski definition) is 3. The van der Waals surface area contributed by atoms with Crippen LogP contribution in [0.5, 0.6) is 0 Å². The van der Waals surface area contributed by atoms with Crippen LogP contribution in [0.25, 0.3) is 22.3 Å². The number of carbonyl (C=O) groups excluding carboxylic acids is 4. The van der Waals surface area contributed by atoms with Crippen LogP contribution >= 0.6 is 11.6 Å². The minimum absolute atomic E-state index is 0.0695. The molecule has 2 fully saturated rings. The van der Waals surface area contributed by atoms with Gasteiger partial charge < -0.3 is 40.1 Å². The van der Waals surface area contributed by atoms with Gasteiger partial charge in [-0.15, -0.1) is 0 Å². The standard InChI is InChI=1S/C25H27N5O3.C23H25N5O.C2H3ClO2/c1-18-15-21(9-10-26-18)20-5-3-19(4-6-20)16-24(31)28-23-8-7-22(17-27-23)29-11-13-30(14-12-29)25(32)33-2;1-17-14-20(8-9-25-17)19-4-2-18(3-5-19)15-23(29)27-22-7-6-21(16-26-22)28-12-10-24-11-13-28;1-5-2(3)4/h3-10,15,17H,11-14,16H2,1-2H3,(H,27,28,31);2-9,14,16,24H,10-13,15H2,1H3,(H,26,27,29);1H3. The molecule has 67 heavy (non-hydrogen) atoms. The van der Waals surface area contributed by atoms with E-state index in [9.17, 15) is 19.2 Å². The number of nitrogens with one attached hydrogen (secondary N) is 3. The third-order valence-electron chi connectivity index (χ3n) is 10.8. The maximum atomic E-state index is 12.5. The van der Waals surface area contributed by atoms with Crippen molar-refractivity contribution in [3.63, 3.8) is 0 Å². The fourth-order valence-electron chi connectivity index (χ4n) is 7.32. The van der Waals surface area contributed by atoms with Crippen LogP contribution in [0.2, 0.25) is 0 Å². The zero-order chi connectivity index (χ0) is 47.5. The van der Waals surface area contributed by atoms with E-state index in [1.165, 1.54) is 14.2 Å². The number of nitrogens with zero attached hydrogens (tertiary/aromatic N) is 7. The minimum atomic E-state index is -0.773. The molecule has 3 N–H and O–H groups in total. The Morgan fingerprint density at radius 2 is 1.00 bits per heavy atom. The first-order valence-electron chi connectivity index (χ1n) is 21.8. The lowest BCUT2D eigenvalue weighted by Crippen LogP contribution is -2.48. The summed E-state index contributed by atoms with van der Waals surface area (Å²) in [6.45, 7) is 10.5. The Morgan fingerprint density at radius 1 is 0.567 bits per heavy atom. The highest BCUT2D eigenvalue weighted by atomic mass is 35.5. The summed E-state index contributed by atoms with van der Waals surface area (Å²) in [7, 11) is 2.61. The number of halogens is 1. The number of hydrogen-bond acceptors (Lipinski definition) is 13. The number of anilines is 4. The molecule has 348 valence electrons. The summed E-state index contributed by atoms with van der Waals surface area (Å²) in [6.07, 6.45) is 7.47. The molecular formula is C50H55ClN10O6. The van der Waals surface area contributed by atoms with Crippen molar-refractivity contribution in [3.05, 3.63) is 144 Å². The number of methoxy groups -OCH3 is 2. The van der Waals surface area contributed by atoms with Crippen LogP contribution < -0.4 is 25.8 Å². The second kappa shape index (κ2) is 24.7. The SMILES string of the molecule is COC(=O)Cl.COC(=O)N1CCN(c2ccc(NC(=O)Cc3ccc(-c4ccnc(C)c4)cc3)nc2)CC1.Cc1cc(-c2ccc(CC(=O)Nc3ccc(N4CCNCC4)cn3)cc2)ccn1. The minimum Gasteiger partial charge on any atom is -0.457 e. The molecule has 0 saturated carbocycles. The lowest BCUT2D eigenvalue weighted by Gasteiger charge is -2.35. The van der Waals surface area contributed by atoms with Crippen molar-refractivity contribution in [2.24, 2.45) is 0 Å². The first-order valence-corrected chi connectivity index (χ1v) is 22.2. The first kappa shape index (κ1) is 49.0. The predicted molar refractivity (Wildman–Crippen MR) is 261 cm³/mol. The summed E-state index contributed by atoms with van der Waals surface area (Å²) in [5.41, 5.74) is 9.57. The molecule has 16 nitrogen and oxygen atoms in total. The molecule has 2 saturated heterocycles. The highest BCUT2D eigenvalue weighted by Gasteiger charge is 2.22. The Labute approximate surface area is 395 Å². The summed E-state index contributed by atoms with van der Waals surface area (Å²) in [6, 6.07) is 31.7. The molecule has 17 heteroatoms. The number of amides is 3. The van der Waals surface area contributed by atoms with Crippen molar-refractivity contribution in [1.29, 1.82) is 0 Å². The normalized spacial score (nSPS) is 13.2. The van der Waals surface area contributed by atoms with E-state index in [4.69, 9.17) is 4.74 Å². The van der Waals surface area contributed by atoms with E-state index < -0.39 is 5.43 Å². The van der Waals surface area contributed by atoms with Gasteiger partial charge in [-0.2, -0.15) is 0 Å². The van der Waals surface area contributed by atoms with Crippen molar-refractivity contribution >= 4 is 57.9 Å². The van der Waals surface area contributed by atoms with Crippen LogP contribution in [-0.4, -0.2) is 115 Å². The number of pyridine rings is 4. The smallest absolute Gasteiger partial charge is 0.409 e. The predicted octanol–water partition coefficient (Wildman–Crippen LogP) is 7.56. The Hall–Kier alpha value is -7.43. The lowest BCUT2D eigenvalue weighted by molar-refractivity contribution is -0.116. The summed E-state index contributed by atoms with van der Waals surface area (Å²) in [5, 5.41) is 9.08. The summed E-state index contributed by atoms with van der Waals surface area (Å²) < 4.78 is 8.65. The molecule has 0 spiro atoms. The van der Waals surface area contributed by atoms with Crippen molar-refractivity contribution < 1.29 is 28.7 Å². The van der Waals surface area contributed by atoms with Crippen molar-refractivity contribution in [1.82, 2.24) is 30.2 Å². The second-order valence-electron chi connectivity index (χ2n) is 15.6. The maximum Gasteiger partial charge on any atom is 0.409 e. The van der Waals surface area contributed by atoms with E-state index in [0.29, 0.717) is 44.2 Å². The average Bonchev–Trinajstić information content (AvgIpc) is 3.35. The molecule has 8 rings (SSSR count). The third kappa shape index (κ3) is 15.3. The first-order chi connectivity index (χ1) is 32.5. The van der Waals surface area contributed by atoms with Gasteiger partial charge in [0.15, 0.2) is 0 Å². The van der Waals surface area contributed by atoms with E-state index in [0.717, 1.165) is 82.3 Å². The Morgan fingerprint density at radius 3 is 1.37 bits per heavy atom. The number of aryl methyl sites for hydroxylation is 2. The largest absolute Gasteiger partial charge is 0.457 e. The van der Waals surface area contributed by atoms with E-state index in [2.05, 4.69) is 68.1 Å². The topological polar surface area (TPSA) is 184 Å². The van der Waals surface area contributed by atoms with Gasteiger partial charge in [-0.05, 0) is 95.8 Å².